The van der Waals surface area contributed by atoms with Crippen molar-refractivity contribution in [2.45, 2.75) is 82.4 Å². The van der Waals surface area contributed by atoms with Crippen molar-refractivity contribution in [2.75, 3.05) is 0 Å². The monoisotopic (exact) mass is 407 g/mol. The van der Waals surface area contributed by atoms with E-state index in [1.54, 1.807) is 12.1 Å². The molecule has 0 fully saturated rings. The Labute approximate surface area is 161 Å². The van der Waals surface area contributed by atoms with Crippen LogP contribution < -0.4 is 0 Å². The van der Waals surface area contributed by atoms with E-state index in [4.69, 9.17) is 7.01 Å². The molecular weight excluding hydrogens is 376 g/mol. The van der Waals surface area contributed by atoms with Crippen LogP contribution in [0.1, 0.15) is 76.7 Å². The van der Waals surface area contributed by atoms with Crippen LogP contribution >= 0.6 is 0 Å². The summed E-state index contributed by atoms with van der Waals surface area (Å²) in [5.41, 5.74) is 0.726. The molecule has 0 saturated carbocycles. The quantitative estimate of drug-likeness (QED) is 0.297. The van der Waals surface area contributed by atoms with Gasteiger partial charge in [-0.05, 0) is 24.5 Å². The summed E-state index contributed by atoms with van der Waals surface area (Å²) in [6.07, 6.45) is 13.3. The van der Waals surface area contributed by atoms with Gasteiger partial charge in [0, 0.05) is 0 Å². The first-order valence-corrected chi connectivity index (χ1v) is 11.8. The van der Waals surface area contributed by atoms with Crippen LogP contribution in [0.25, 0.3) is 0 Å². The second kappa shape index (κ2) is 15.8. The van der Waals surface area contributed by atoms with Crippen molar-refractivity contribution in [1.82, 2.24) is 0 Å². The van der Waals surface area contributed by atoms with Gasteiger partial charge >= 0.3 is 26.5 Å². The maximum absolute atomic E-state index is 11.3. The van der Waals surface area contributed by atoms with Gasteiger partial charge in [-0.3, -0.25) is 4.55 Å². The van der Waals surface area contributed by atoms with Gasteiger partial charge in [0.25, 0.3) is 10.1 Å². The minimum absolute atomic E-state index is 0.0610. The fourth-order valence-electron chi connectivity index (χ4n) is 2.76. The topological polar surface area (TPSA) is 91.7 Å². The zero-order chi connectivity index (χ0) is 19.0. The summed E-state index contributed by atoms with van der Waals surface area (Å²) in [5, 5.41) is 0. The second-order valence-electron chi connectivity index (χ2n) is 6.11. The van der Waals surface area contributed by atoms with Crippen molar-refractivity contribution >= 4 is 10.1 Å². The molecule has 0 aliphatic rings. The van der Waals surface area contributed by atoms with Gasteiger partial charge < -0.3 is 0 Å². The van der Waals surface area contributed by atoms with Crippen LogP contribution in [0.15, 0.2) is 29.2 Å². The Bertz CT molecular complexity index is 560. The molecule has 0 unspecified atom stereocenters. The molecule has 0 bridgehead atoms. The summed E-state index contributed by atoms with van der Waals surface area (Å²) in [7, 11) is -4.10. The van der Waals surface area contributed by atoms with Crippen molar-refractivity contribution in [2.24, 2.45) is 0 Å². The van der Waals surface area contributed by atoms with Crippen LogP contribution in [0.2, 0.25) is 0 Å². The molecule has 0 atom stereocenters. The molecule has 1 rings (SSSR count). The fourth-order valence-corrected chi connectivity index (χ4v) is 3.52. The van der Waals surface area contributed by atoms with E-state index >= 15 is 0 Å². The second-order valence-corrected chi connectivity index (χ2v) is 7.78. The number of hydrogen-bond acceptors (Lipinski definition) is 3. The molecule has 0 radical (unpaired) electrons. The van der Waals surface area contributed by atoms with Crippen molar-refractivity contribution in [3.05, 3.63) is 29.8 Å². The van der Waals surface area contributed by atoms with Crippen LogP contribution in [-0.4, -0.2) is 16.7 Å². The average Bonchev–Trinajstić information content (AvgIpc) is 2.57. The van der Waals surface area contributed by atoms with Gasteiger partial charge in [-0.2, -0.15) is 8.42 Å². The van der Waals surface area contributed by atoms with E-state index in [0.717, 1.165) is 18.4 Å². The minimum atomic E-state index is -4.10. The van der Waals surface area contributed by atoms with Gasteiger partial charge in [0.05, 0.1) is 4.90 Å². The van der Waals surface area contributed by atoms with Gasteiger partial charge in [0.1, 0.15) is 0 Å². The van der Waals surface area contributed by atoms with Crippen molar-refractivity contribution in [3.63, 3.8) is 0 Å². The third-order valence-corrected chi connectivity index (χ3v) is 5.00. The summed E-state index contributed by atoms with van der Waals surface area (Å²) < 4.78 is 47.5. The Hall–Kier alpha value is -0.396. The molecule has 1 aromatic rings. The molecule has 0 aliphatic heterocycles. The maximum atomic E-state index is 11.3. The predicted molar refractivity (Wildman–Crippen MR) is 94.7 cm³/mol. The van der Waals surface area contributed by atoms with Crippen molar-refractivity contribution in [1.29, 1.82) is 0 Å². The first-order valence-electron chi connectivity index (χ1n) is 9.04. The van der Waals surface area contributed by atoms with Crippen LogP contribution in [0.3, 0.4) is 0 Å². The van der Waals surface area contributed by atoms with Gasteiger partial charge in [0.2, 0.25) is 0 Å². The Balaban J connectivity index is 0.00000178. The first kappa shape index (κ1) is 24.6. The average molecular weight is 407 g/mol. The third-order valence-electron chi connectivity index (χ3n) is 4.05. The number of rotatable bonds is 12. The van der Waals surface area contributed by atoms with E-state index < -0.39 is 29.6 Å². The molecule has 7 heteroatoms. The fraction of sp³-hybridized carbons (Fsp3) is 0.667. The summed E-state index contributed by atoms with van der Waals surface area (Å²) in [4.78, 5) is 0.0610. The third kappa shape index (κ3) is 13.5. The van der Waals surface area contributed by atoms with Crippen molar-refractivity contribution < 1.29 is 39.5 Å². The Morgan fingerprint density at radius 2 is 1.32 bits per heavy atom. The molecule has 1 aromatic carbocycles. The normalized spacial score (nSPS) is 10.7. The van der Waals surface area contributed by atoms with E-state index in [1.165, 1.54) is 57.4 Å². The van der Waals surface area contributed by atoms with Gasteiger partial charge in [-0.25, -0.2) is 0 Å². The number of aryl methyl sites for hydroxylation is 1. The van der Waals surface area contributed by atoms with Crippen molar-refractivity contribution in [3.8, 4) is 0 Å². The molecule has 0 aliphatic carbocycles. The van der Waals surface area contributed by atoms with Gasteiger partial charge in [-0.1, -0.05) is 82.9 Å². The van der Waals surface area contributed by atoms with Crippen LogP contribution in [0.4, 0.5) is 0 Å². The zero-order valence-corrected chi connectivity index (χ0v) is 17.5. The van der Waals surface area contributed by atoms with E-state index in [-0.39, 0.29) is 4.90 Å². The van der Waals surface area contributed by atoms with Crippen LogP contribution in [0.5, 0.6) is 0 Å². The molecule has 2 N–H and O–H groups in total. The molecule has 25 heavy (non-hydrogen) atoms. The SMILES string of the molecule is CCCCCCCCCCCCc1ccccc1S(=O)(=O)O.[O]=[Ti][OH]. The molecular formula is C18H31O5STi. The van der Waals surface area contributed by atoms with E-state index in [0.29, 0.717) is 6.42 Å². The summed E-state index contributed by atoms with van der Waals surface area (Å²) in [6.45, 7) is 2.24. The summed E-state index contributed by atoms with van der Waals surface area (Å²) >= 11 is -1.75. The van der Waals surface area contributed by atoms with E-state index in [9.17, 15) is 13.0 Å². The molecule has 0 spiro atoms. The molecule has 0 amide bonds. The van der Waals surface area contributed by atoms with E-state index in [2.05, 4.69) is 6.92 Å². The molecule has 5 nitrogen and oxygen atoms in total. The zero-order valence-electron chi connectivity index (χ0n) is 15.1. The van der Waals surface area contributed by atoms with Gasteiger partial charge in [0.15, 0.2) is 0 Å². The Morgan fingerprint density at radius 3 is 1.80 bits per heavy atom. The van der Waals surface area contributed by atoms with Gasteiger partial charge in [-0.15, -0.1) is 0 Å². The molecule has 0 heterocycles. The summed E-state index contributed by atoms with van der Waals surface area (Å²) in [6, 6.07) is 6.73. The predicted octanol–water partition coefficient (Wildman–Crippen LogP) is 4.72. The Kier molecular flexibility index (Phi) is 15.6. The Morgan fingerprint density at radius 1 is 0.880 bits per heavy atom. The van der Waals surface area contributed by atoms with Crippen LogP contribution in [-0.2, 0) is 39.4 Å². The summed E-state index contributed by atoms with van der Waals surface area (Å²) in [5.74, 6) is 0. The number of unbranched alkanes of at least 4 members (excludes halogenated alkanes) is 9. The molecule has 0 saturated heterocycles. The molecule has 0 aromatic heterocycles. The first-order chi connectivity index (χ1) is 12.0. The van der Waals surface area contributed by atoms with Crippen LogP contribution in [0, 0.1) is 0 Å². The van der Waals surface area contributed by atoms with E-state index in [1.807, 2.05) is 6.07 Å². The number of hydrogen-bond donors (Lipinski definition) is 2. The standard InChI is InChI=1S/C18H30O3S.H2O.O.Ti/c1-2-3-4-5-6-7-8-9-10-11-14-17-15-12-13-16-18(17)22(19,20)21;;;/h12-13,15-16H,2-11,14H2,1H3,(H,19,20,21);1H2;;/q;;;+1/p-1. The molecule has 143 valence electrons. The number of benzene rings is 1.